The van der Waals surface area contributed by atoms with Gasteiger partial charge in [-0.3, -0.25) is 0 Å². The Morgan fingerprint density at radius 1 is 1.38 bits per heavy atom. The van der Waals surface area contributed by atoms with Gasteiger partial charge in [0.25, 0.3) is 0 Å². The average molecular weight is 354 g/mol. The van der Waals surface area contributed by atoms with Gasteiger partial charge in [0.05, 0.1) is 0 Å². The van der Waals surface area contributed by atoms with Gasteiger partial charge < -0.3 is 9.88 Å². The van der Waals surface area contributed by atoms with Crippen molar-refractivity contribution in [3.63, 3.8) is 0 Å². The fourth-order valence-electron chi connectivity index (χ4n) is 2.40. The molecule has 0 aliphatic heterocycles. The smallest absolute Gasteiger partial charge is 0.124 e. The SMILES string of the molecule is CCCNC(Cc1nccn1CC)c1ccc(F)cc1Br. The van der Waals surface area contributed by atoms with Crippen LogP contribution < -0.4 is 5.32 Å². The zero-order valence-corrected chi connectivity index (χ0v) is 14.0. The normalized spacial score (nSPS) is 12.6. The van der Waals surface area contributed by atoms with Gasteiger partial charge in [0.2, 0.25) is 0 Å². The third kappa shape index (κ3) is 4.14. The molecule has 0 aliphatic carbocycles. The van der Waals surface area contributed by atoms with Crippen molar-refractivity contribution < 1.29 is 4.39 Å². The number of nitrogens with zero attached hydrogens (tertiary/aromatic N) is 2. The van der Waals surface area contributed by atoms with Gasteiger partial charge in [0, 0.05) is 35.9 Å². The van der Waals surface area contributed by atoms with Crippen LogP contribution in [0.15, 0.2) is 35.1 Å². The fraction of sp³-hybridized carbons (Fsp3) is 0.438. The summed E-state index contributed by atoms with van der Waals surface area (Å²) < 4.78 is 16.2. The van der Waals surface area contributed by atoms with Crippen LogP contribution in [0.25, 0.3) is 0 Å². The quantitative estimate of drug-likeness (QED) is 0.812. The Morgan fingerprint density at radius 3 is 2.86 bits per heavy atom. The van der Waals surface area contributed by atoms with Crippen molar-refractivity contribution in [2.24, 2.45) is 0 Å². The number of halogens is 2. The van der Waals surface area contributed by atoms with E-state index in [4.69, 9.17) is 0 Å². The standard InChI is InChI=1S/C16H21BrFN3/c1-3-7-19-15(11-16-20-8-9-21(16)4-2)13-6-5-12(18)10-14(13)17/h5-6,8-10,15,19H,3-4,7,11H2,1-2H3. The van der Waals surface area contributed by atoms with Crippen molar-refractivity contribution >= 4 is 15.9 Å². The Balaban J connectivity index is 2.25. The first-order valence-corrected chi connectivity index (χ1v) is 8.13. The minimum Gasteiger partial charge on any atom is -0.335 e. The van der Waals surface area contributed by atoms with E-state index in [1.165, 1.54) is 12.1 Å². The maximum absolute atomic E-state index is 13.3. The lowest BCUT2D eigenvalue weighted by Gasteiger charge is -2.20. The van der Waals surface area contributed by atoms with E-state index in [0.29, 0.717) is 0 Å². The van der Waals surface area contributed by atoms with Gasteiger partial charge in [0.1, 0.15) is 11.6 Å². The first-order valence-electron chi connectivity index (χ1n) is 7.34. The van der Waals surface area contributed by atoms with E-state index in [-0.39, 0.29) is 11.9 Å². The van der Waals surface area contributed by atoms with Crippen LogP contribution in [0.1, 0.15) is 37.7 Å². The van der Waals surface area contributed by atoms with E-state index in [0.717, 1.165) is 41.8 Å². The van der Waals surface area contributed by atoms with Gasteiger partial charge in [0.15, 0.2) is 0 Å². The highest BCUT2D eigenvalue weighted by molar-refractivity contribution is 9.10. The molecule has 0 spiro atoms. The third-order valence-corrected chi connectivity index (χ3v) is 4.19. The van der Waals surface area contributed by atoms with Crippen LogP contribution in [0.5, 0.6) is 0 Å². The van der Waals surface area contributed by atoms with Crippen molar-refractivity contribution in [1.82, 2.24) is 14.9 Å². The number of hydrogen-bond acceptors (Lipinski definition) is 2. The second kappa shape index (κ2) is 7.71. The van der Waals surface area contributed by atoms with Crippen molar-refractivity contribution in [2.75, 3.05) is 6.54 Å². The second-order valence-electron chi connectivity index (χ2n) is 5.01. The lowest BCUT2D eigenvalue weighted by molar-refractivity contribution is 0.504. The fourth-order valence-corrected chi connectivity index (χ4v) is 3.02. The molecule has 0 fully saturated rings. The lowest BCUT2D eigenvalue weighted by Crippen LogP contribution is -2.25. The molecule has 2 aromatic rings. The van der Waals surface area contributed by atoms with Crippen molar-refractivity contribution in [3.05, 3.63) is 52.3 Å². The summed E-state index contributed by atoms with van der Waals surface area (Å²) in [5.74, 6) is 0.817. The van der Waals surface area contributed by atoms with Crippen LogP contribution in [-0.4, -0.2) is 16.1 Å². The number of nitrogens with one attached hydrogen (secondary N) is 1. The number of benzene rings is 1. The van der Waals surface area contributed by atoms with E-state index >= 15 is 0 Å². The Hall–Kier alpha value is -1.20. The number of hydrogen-bond donors (Lipinski definition) is 1. The molecule has 2 rings (SSSR count). The van der Waals surface area contributed by atoms with Crippen LogP contribution in [0, 0.1) is 5.82 Å². The minimum atomic E-state index is -0.227. The Morgan fingerprint density at radius 2 is 2.19 bits per heavy atom. The molecule has 0 amide bonds. The zero-order valence-electron chi connectivity index (χ0n) is 12.4. The van der Waals surface area contributed by atoms with E-state index in [2.05, 4.69) is 44.6 Å². The summed E-state index contributed by atoms with van der Waals surface area (Å²) in [6.07, 6.45) is 5.66. The van der Waals surface area contributed by atoms with Crippen molar-refractivity contribution in [1.29, 1.82) is 0 Å². The molecule has 1 N–H and O–H groups in total. The van der Waals surface area contributed by atoms with Gasteiger partial charge in [-0.15, -0.1) is 0 Å². The highest BCUT2D eigenvalue weighted by Crippen LogP contribution is 2.26. The summed E-state index contributed by atoms with van der Waals surface area (Å²) in [7, 11) is 0. The molecule has 0 bridgehead atoms. The molecule has 1 aromatic carbocycles. The first kappa shape index (κ1) is 16.2. The van der Waals surface area contributed by atoms with Crippen LogP contribution in [0.4, 0.5) is 4.39 Å². The third-order valence-electron chi connectivity index (χ3n) is 3.51. The number of aromatic nitrogens is 2. The molecule has 1 heterocycles. The predicted molar refractivity (Wildman–Crippen MR) is 86.7 cm³/mol. The number of rotatable bonds is 7. The predicted octanol–water partition coefficient (Wildman–Crippen LogP) is 4.09. The number of imidazole rings is 1. The van der Waals surface area contributed by atoms with Crippen molar-refractivity contribution in [2.45, 2.75) is 39.3 Å². The molecular formula is C16H21BrFN3. The van der Waals surface area contributed by atoms with Gasteiger partial charge in [-0.1, -0.05) is 28.9 Å². The van der Waals surface area contributed by atoms with Crippen LogP contribution in [-0.2, 0) is 13.0 Å². The molecule has 1 atom stereocenters. The summed E-state index contributed by atoms with van der Waals surface area (Å²) in [6.45, 7) is 6.06. The van der Waals surface area contributed by atoms with E-state index < -0.39 is 0 Å². The monoisotopic (exact) mass is 353 g/mol. The molecule has 3 nitrogen and oxygen atoms in total. The summed E-state index contributed by atoms with van der Waals surface area (Å²) in [5.41, 5.74) is 1.07. The largest absolute Gasteiger partial charge is 0.335 e. The molecular weight excluding hydrogens is 333 g/mol. The van der Waals surface area contributed by atoms with Gasteiger partial charge in [-0.2, -0.15) is 0 Å². The highest BCUT2D eigenvalue weighted by Gasteiger charge is 2.17. The molecule has 5 heteroatoms. The van der Waals surface area contributed by atoms with E-state index in [1.54, 1.807) is 0 Å². The molecule has 21 heavy (non-hydrogen) atoms. The van der Waals surface area contributed by atoms with Crippen molar-refractivity contribution in [3.8, 4) is 0 Å². The molecule has 1 unspecified atom stereocenters. The van der Waals surface area contributed by atoms with E-state index in [9.17, 15) is 4.39 Å². The topological polar surface area (TPSA) is 29.9 Å². The average Bonchev–Trinajstić information content (AvgIpc) is 2.91. The zero-order chi connectivity index (χ0) is 15.2. The molecule has 114 valence electrons. The van der Waals surface area contributed by atoms with Crippen LogP contribution in [0.3, 0.4) is 0 Å². The lowest BCUT2D eigenvalue weighted by atomic mass is 10.0. The molecule has 0 saturated heterocycles. The van der Waals surface area contributed by atoms with Gasteiger partial charge in [-0.05, 0) is 37.6 Å². The maximum atomic E-state index is 13.3. The maximum Gasteiger partial charge on any atom is 0.124 e. The van der Waals surface area contributed by atoms with Gasteiger partial charge in [-0.25, -0.2) is 9.37 Å². The molecule has 0 radical (unpaired) electrons. The molecule has 0 saturated carbocycles. The van der Waals surface area contributed by atoms with Gasteiger partial charge >= 0.3 is 0 Å². The summed E-state index contributed by atoms with van der Waals surface area (Å²) in [4.78, 5) is 4.44. The van der Waals surface area contributed by atoms with Crippen LogP contribution >= 0.6 is 15.9 Å². The summed E-state index contributed by atoms with van der Waals surface area (Å²) in [5, 5.41) is 3.53. The summed E-state index contributed by atoms with van der Waals surface area (Å²) in [6, 6.07) is 4.98. The Labute approximate surface area is 133 Å². The minimum absolute atomic E-state index is 0.118. The molecule has 1 aromatic heterocycles. The Bertz CT molecular complexity index is 583. The Kier molecular flexibility index (Phi) is 5.94. The second-order valence-corrected chi connectivity index (χ2v) is 5.86. The van der Waals surface area contributed by atoms with E-state index in [1.807, 2.05) is 18.5 Å². The molecule has 0 aliphatic rings. The number of aryl methyl sites for hydroxylation is 1. The first-order chi connectivity index (χ1) is 10.2. The summed E-state index contributed by atoms with van der Waals surface area (Å²) >= 11 is 3.47. The highest BCUT2D eigenvalue weighted by atomic mass is 79.9. The van der Waals surface area contributed by atoms with Crippen LogP contribution in [0.2, 0.25) is 0 Å².